The number of carbonyl (C=O) groups excluding carboxylic acids is 1. The van der Waals surface area contributed by atoms with E-state index in [2.05, 4.69) is 27.7 Å². The highest BCUT2D eigenvalue weighted by Gasteiger charge is 2.27. The number of phenols is 1. The molecule has 234 valence electrons. The van der Waals surface area contributed by atoms with Crippen LogP contribution >= 0.6 is 12.4 Å². The SMILES string of the molecule is CC(C)(C)c1cc(CCc2cc(F)cc(F)c2NC(=O)NC2CCN(Cc3ccccc3)CC2)cc(C(C)(C)C)c1O.Cl. The van der Waals surface area contributed by atoms with Crippen molar-refractivity contribution in [1.82, 2.24) is 10.2 Å². The number of amides is 2. The number of aromatic hydroxyl groups is 1. The third-order valence-electron chi connectivity index (χ3n) is 8.02. The van der Waals surface area contributed by atoms with Gasteiger partial charge in [0.15, 0.2) is 0 Å². The molecule has 0 bridgehead atoms. The molecule has 5 nitrogen and oxygen atoms in total. The van der Waals surface area contributed by atoms with Crippen molar-refractivity contribution in [3.8, 4) is 5.75 Å². The second-order valence-electron chi connectivity index (χ2n) is 13.6. The molecule has 2 amide bonds. The maximum absolute atomic E-state index is 15.0. The molecule has 1 saturated heterocycles. The van der Waals surface area contributed by atoms with Crippen LogP contribution in [0.25, 0.3) is 0 Å². The maximum atomic E-state index is 15.0. The smallest absolute Gasteiger partial charge is 0.319 e. The third-order valence-corrected chi connectivity index (χ3v) is 8.02. The Balaban J connectivity index is 0.00000506. The summed E-state index contributed by atoms with van der Waals surface area (Å²) < 4.78 is 29.3. The van der Waals surface area contributed by atoms with Crippen LogP contribution in [0.1, 0.15) is 82.2 Å². The molecule has 8 heteroatoms. The van der Waals surface area contributed by atoms with Crippen molar-refractivity contribution in [3.05, 3.63) is 94.0 Å². The molecule has 1 aliphatic rings. The number of likely N-dealkylation sites (tertiary alicyclic amines) is 1. The molecule has 0 spiro atoms. The van der Waals surface area contributed by atoms with Gasteiger partial charge in [-0.1, -0.05) is 84.0 Å². The molecule has 0 atom stereocenters. The number of halogens is 3. The summed E-state index contributed by atoms with van der Waals surface area (Å²) in [7, 11) is 0. The van der Waals surface area contributed by atoms with E-state index in [4.69, 9.17) is 0 Å². The monoisotopic (exact) mass is 613 g/mol. The Morgan fingerprint density at radius 2 is 1.47 bits per heavy atom. The van der Waals surface area contributed by atoms with Gasteiger partial charge in [-0.3, -0.25) is 4.90 Å². The van der Waals surface area contributed by atoms with Gasteiger partial charge in [0.1, 0.15) is 17.4 Å². The summed E-state index contributed by atoms with van der Waals surface area (Å²) in [5.74, 6) is -1.19. The van der Waals surface area contributed by atoms with Gasteiger partial charge >= 0.3 is 6.03 Å². The largest absolute Gasteiger partial charge is 0.507 e. The highest BCUT2D eigenvalue weighted by molar-refractivity contribution is 5.90. The second-order valence-corrected chi connectivity index (χ2v) is 13.6. The minimum atomic E-state index is -0.797. The standard InChI is InChI=1S/C35H45F2N3O2.ClH/c1-34(2,3)28-18-24(19-29(32(28)41)35(4,5)6)12-13-25-20-26(36)21-30(37)31(25)39-33(42)38-27-14-16-40(17-15-27)22-23-10-8-7-9-11-23;/h7-11,18-21,27,41H,12-17,22H2,1-6H3,(H2,38,39,42);1H. The van der Waals surface area contributed by atoms with Gasteiger partial charge < -0.3 is 15.7 Å². The first-order valence-corrected chi connectivity index (χ1v) is 14.9. The van der Waals surface area contributed by atoms with Crippen LogP contribution in [0.3, 0.4) is 0 Å². The predicted octanol–water partition coefficient (Wildman–Crippen LogP) is 8.26. The average molecular weight is 614 g/mol. The second kappa shape index (κ2) is 14.1. The topological polar surface area (TPSA) is 64.6 Å². The number of aryl methyl sites for hydroxylation is 2. The van der Waals surface area contributed by atoms with Gasteiger partial charge in [0.2, 0.25) is 0 Å². The Labute approximate surface area is 261 Å². The van der Waals surface area contributed by atoms with Gasteiger partial charge in [-0.15, -0.1) is 12.4 Å². The van der Waals surface area contributed by atoms with Gasteiger partial charge in [0, 0.05) is 31.7 Å². The number of carbonyl (C=O) groups is 1. The zero-order valence-electron chi connectivity index (χ0n) is 26.2. The lowest BCUT2D eigenvalue weighted by atomic mass is 9.78. The molecular formula is C35H46ClF2N3O2. The van der Waals surface area contributed by atoms with Crippen LogP contribution in [-0.4, -0.2) is 35.2 Å². The van der Waals surface area contributed by atoms with E-state index >= 15 is 4.39 Å². The van der Waals surface area contributed by atoms with E-state index in [0.29, 0.717) is 24.2 Å². The summed E-state index contributed by atoms with van der Waals surface area (Å²) >= 11 is 0. The van der Waals surface area contributed by atoms with Crippen molar-refractivity contribution in [3.63, 3.8) is 0 Å². The number of anilines is 1. The van der Waals surface area contributed by atoms with Crippen LogP contribution in [-0.2, 0) is 30.2 Å². The third kappa shape index (κ3) is 9.16. The summed E-state index contributed by atoms with van der Waals surface area (Å²) in [5.41, 5.74) is 3.72. The van der Waals surface area contributed by atoms with Crippen LogP contribution in [0, 0.1) is 11.6 Å². The highest BCUT2D eigenvalue weighted by atomic mass is 35.5. The number of nitrogens with one attached hydrogen (secondary N) is 2. The summed E-state index contributed by atoms with van der Waals surface area (Å²) in [6.45, 7) is 14.9. The molecule has 1 fully saturated rings. The molecule has 3 aromatic rings. The van der Waals surface area contributed by atoms with E-state index in [9.17, 15) is 14.3 Å². The minimum absolute atomic E-state index is 0. The van der Waals surface area contributed by atoms with Crippen molar-refractivity contribution < 1.29 is 18.7 Å². The fraction of sp³-hybridized carbons (Fsp3) is 0.457. The van der Waals surface area contributed by atoms with Gasteiger partial charge in [0.05, 0.1) is 5.69 Å². The van der Waals surface area contributed by atoms with Crippen LogP contribution < -0.4 is 10.6 Å². The first-order valence-electron chi connectivity index (χ1n) is 14.9. The number of hydrogen-bond donors (Lipinski definition) is 3. The molecule has 0 saturated carbocycles. The summed E-state index contributed by atoms with van der Waals surface area (Å²) in [5, 5.41) is 16.7. The molecule has 3 aromatic carbocycles. The van der Waals surface area contributed by atoms with E-state index in [1.54, 1.807) is 0 Å². The zero-order chi connectivity index (χ0) is 30.7. The van der Waals surface area contributed by atoms with Crippen LogP contribution in [0.15, 0.2) is 54.6 Å². The Hall–Kier alpha value is -3.16. The molecule has 0 aliphatic carbocycles. The molecule has 4 rings (SSSR count). The maximum Gasteiger partial charge on any atom is 0.319 e. The van der Waals surface area contributed by atoms with Gasteiger partial charge in [-0.05, 0) is 70.4 Å². The van der Waals surface area contributed by atoms with E-state index < -0.39 is 17.7 Å². The zero-order valence-corrected chi connectivity index (χ0v) is 27.0. The minimum Gasteiger partial charge on any atom is -0.507 e. The van der Waals surface area contributed by atoms with Crippen molar-refractivity contribution in [2.24, 2.45) is 0 Å². The lowest BCUT2D eigenvalue weighted by Gasteiger charge is -2.32. The number of phenolic OH excluding ortho intramolecular Hbond substituents is 1. The quantitative estimate of drug-likeness (QED) is 0.251. The number of hydrogen-bond acceptors (Lipinski definition) is 3. The van der Waals surface area contributed by atoms with Crippen molar-refractivity contribution >= 4 is 24.1 Å². The molecule has 1 heterocycles. The van der Waals surface area contributed by atoms with Crippen LogP contribution in [0.5, 0.6) is 5.75 Å². The fourth-order valence-electron chi connectivity index (χ4n) is 5.64. The Morgan fingerprint density at radius 1 is 0.884 bits per heavy atom. The Bertz CT molecular complexity index is 1360. The molecular weight excluding hydrogens is 568 g/mol. The normalized spacial score (nSPS) is 14.7. The molecule has 43 heavy (non-hydrogen) atoms. The van der Waals surface area contributed by atoms with Crippen LogP contribution in [0.2, 0.25) is 0 Å². The van der Waals surface area contributed by atoms with E-state index in [-0.39, 0.29) is 35.0 Å². The average Bonchev–Trinajstić information content (AvgIpc) is 2.90. The van der Waals surface area contributed by atoms with Crippen molar-refractivity contribution in [1.29, 1.82) is 0 Å². The van der Waals surface area contributed by atoms with E-state index in [0.717, 1.165) is 55.2 Å². The molecule has 0 radical (unpaired) electrons. The molecule has 0 unspecified atom stereocenters. The molecule has 3 N–H and O–H groups in total. The number of rotatable bonds is 7. The number of piperidine rings is 1. The van der Waals surface area contributed by atoms with E-state index in [1.807, 2.05) is 71.9 Å². The van der Waals surface area contributed by atoms with Gasteiger partial charge in [-0.2, -0.15) is 0 Å². The highest BCUT2D eigenvalue weighted by Crippen LogP contribution is 2.40. The van der Waals surface area contributed by atoms with Crippen molar-refractivity contribution in [2.45, 2.75) is 90.6 Å². The molecule has 1 aliphatic heterocycles. The number of benzene rings is 3. The van der Waals surface area contributed by atoms with Gasteiger partial charge in [0.25, 0.3) is 0 Å². The van der Waals surface area contributed by atoms with Gasteiger partial charge in [-0.25, -0.2) is 13.6 Å². The molecule has 0 aromatic heterocycles. The Kier molecular flexibility index (Phi) is 11.2. The predicted molar refractivity (Wildman–Crippen MR) is 173 cm³/mol. The first-order chi connectivity index (χ1) is 19.7. The summed E-state index contributed by atoms with van der Waals surface area (Å²) in [6.07, 6.45) is 2.41. The van der Waals surface area contributed by atoms with Crippen LogP contribution in [0.4, 0.5) is 19.3 Å². The van der Waals surface area contributed by atoms with E-state index in [1.165, 1.54) is 11.6 Å². The van der Waals surface area contributed by atoms with Crippen molar-refractivity contribution in [2.75, 3.05) is 18.4 Å². The number of urea groups is 1. The Morgan fingerprint density at radius 3 is 2.02 bits per heavy atom. The fourth-order valence-corrected chi connectivity index (χ4v) is 5.64. The lowest BCUT2D eigenvalue weighted by molar-refractivity contribution is 0.190. The summed E-state index contributed by atoms with van der Waals surface area (Å²) in [6, 6.07) is 15.8. The first kappa shape index (κ1) is 34.3. The number of nitrogens with zero attached hydrogens (tertiary/aromatic N) is 1. The summed E-state index contributed by atoms with van der Waals surface area (Å²) in [4.78, 5) is 15.3. The lowest BCUT2D eigenvalue weighted by Crippen LogP contribution is -2.45.